The number of benzene rings is 1. The van der Waals surface area contributed by atoms with Crippen LogP contribution in [0.2, 0.25) is 0 Å². The highest BCUT2D eigenvalue weighted by molar-refractivity contribution is 5.95. The molecular formula is C24H31N7O4. The Morgan fingerprint density at radius 1 is 1.17 bits per heavy atom. The maximum atomic E-state index is 13.1. The van der Waals surface area contributed by atoms with E-state index in [4.69, 9.17) is 4.98 Å². The minimum absolute atomic E-state index is 0.0120. The molecule has 1 aliphatic rings. The van der Waals surface area contributed by atoms with Crippen molar-refractivity contribution >= 4 is 34.6 Å². The number of hydrogen-bond acceptors (Lipinski definition) is 5. The van der Waals surface area contributed by atoms with Gasteiger partial charge in [-0.3, -0.25) is 19.2 Å². The van der Waals surface area contributed by atoms with Gasteiger partial charge in [0.1, 0.15) is 12.4 Å². The molecule has 3 aromatic rings. The number of rotatable bonds is 7. The predicted molar refractivity (Wildman–Crippen MR) is 130 cm³/mol. The minimum atomic E-state index is -0.987. The van der Waals surface area contributed by atoms with Crippen LogP contribution in [0.3, 0.4) is 0 Å². The van der Waals surface area contributed by atoms with Crippen molar-refractivity contribution in [2.24, 2.45) is 0 Å². The van der Waals surface area contributed by atoms with Gasteiger partial charge in [-0.15, -0.1) is 0 Å². The molecule has 0 spiro atoms. The molecule has 1 aromatic carbocycles. The lowest BCUT2D eigenvalue weighted by atomic mass is 9.96. The summed E-state index contributed by atoms with van der Waals surface area (Å²) >= 11 is 0. The van der Waals surface area contributed by atoms with Crippen LogP contribution >= 0.6 is 0 Å². The van der Waals surface area contributed by atoms with Gasteiger partial charge in [0.2, 0.25) is 11.8 Å². The maximum Gasteiger partial charge on any atom is 0.412 e. The van der Waals surface area contributed by atoms with E-state index in [1.165, 1.54) is 14.7 Å². The molecular weight excluding hydrogens is 450 g/mol. The summed E-state index contributed by atoms with van der Waals surface area (Å²) in [5.41, 5.74) is 3.02. The van der Waals surface area contributed by atoms with Gasteiger partial charge in [-0.25, -0.2) is 9.78 Å². The number of nitrogens with zero attached hydrogens (tertiary/aromatic N) is 7. The highest BCUT2D eigenvalue weighted by atomic mass is 16.4. The standard InChI is InChI=1S/C24H31N7O4/c1-16-6-7-17-18(31(16)24(34)35)8-9-19-23(17)26-20(10-13-29-12-5-11-25-29)30(19)15-22(33)28(4)14-21(32)27(2)3/h5,8-9,11-12,16H,6-7,10,13-15H2,1-4H3,(H,34,35)/t16-/m0/s1. The van der Waals surface area contributed by atoms with Gasteiger partial charge in [-0.2, -0.15) is 5.10 Å². The van der Waals surface area contributed by atoms with E-state index < -0.39 is 6.09 Å². The summed E-state index contributed by atoms with van der Waals surface area (Å²) in [6.07, 6.45) is 4.53. The number of carboxylic acid groups (broad SMARTS) is 1. The van der Waals surface area contributed by atoms with Gasteiger partial charge in [-0.1, -0.05) is 0 Å². The molecule has 3 heterocycles. The lowest BCUT2D eigenvalue weighted by molar-refractivity contribution is -0.138. The van der Waals surface area contributed by atoms with E-state index in [1.54, 1.807) is 38.1 Å². The Morgan fingerprint density at radius 2 is 1.94 bits per heavy atom. The van der Waals surface area contributed by atoms with E-state index in [0.717, 1.165) is 16.6 Å². The molecule has 2 aromatic heterocycles. The number of likely N-dealkylation sites (N-methyl/N-ethyl adjacent to an activating group) is 2. The number of fused-ring (bicyclic) bond motifs is 3. The molecule has 11 heteroatoms. The van der Waals surface area contributed by atoms with Crippen molar-refractivity contribution in [3.05, 3.63) is 42.0 Å². The normalized spacial score (nSPS) is 15.2. The van der Waals surface area contributed by atoms with E-state index in [-0.39, 0.29) is 30.9 Å². The molecule has 186 valence electrons. The number of anilines is 1. The second-order valence-electron chi connectivity index (χ2n) is 9.14. The van der Waals surface area contributed by atoms with Crippen molar-refractivity contribution in [1.82, 2.24) is 29.1 Å². The molecule has 35 heavy (non-hydrogen) atoms. The van der Waals surface area contributed by atoms with E-state index in [0.29, 0.717) is 37.3 Å². The zero-order valence-electron chi connectivity index (χ0n) is 20.5. The summed E-state index contributed by atoms with van der Waals surface area (Å²) in [6, 6.07) is 5.37. The summed E-state index contributed by atoms with van der Waals surface area (Å²) in [5.74, 6) is 0.343. The van der Waals surface area contributed by atoms with Crippen molar-refractivity contribution in [3.63, 3.8) is 0 Å². The minimum Gasteiger partial charge on any atom is -0.465 e. The second kappa shape index (κ2) is 9.77. The maximum absolute atomic E-state index is 13.1. The molecule has 0 saturated carbocycles. The number of carbonyl (C=O) groups is 3. The molecule has 11 nitrogen and oxygen atoms in total. The first-order chi connectivity index (χ1) is 16.7. The molecule has 1 N–H and O–H groups in total. The van der Waals surface area contributed by atoms with Crippen LogP contribution in [0, 0.1) is 0 Å². The van der Waals surface area contributed by atoms with Gasteiger partial charge < -0.3 is 19.5 Å². The number of carbonyl (C=O) groups excluding carboxylic acids is 2. The monoisotopic (exact) mass is 481 g/mol. The van der Waals surface area contributed by atoms with Crippen LogP contribution in [0.1, 0.15) is 24.7 Å². The Balaban J connectivity index is 1.72. The van der Waals surface area contributed by atoms with Gasteiger partial charge in [0, 0.05) is 58.1 Å². The first-order valence-corrected chi connectivity index (χ1v) is 11.6. The number of aromatic nitrogens is 4. The van der Waals surface area contributed by atoms with Crippen LogP contribution in [-0.2, 0) is 35.5 Å². The number of amides is 3. The molecule has 1 atom stereocenters. The summed E-state index contributed by atoms with van der Waals surface area (Å²) in [6.45, 7) is 2.50. The average Bonchev–Trinajstić information content (AvgIpc) is 3.45. The molecule has 0 fully saturated rings. The zero-order valence-corrected chi connectivity index (χ0v) is 20.5. The van der Waals surface area contributed by atoms with E-state index in [2.05, 4.69) is 5.10 Å². The smallest absolute Gasteiger partial charge is 0.412 e. The summed E-state index contributed by atoms with van der Waals surface area (Å²) < 4.78 is 3.68. The van der Waals surface area contributed by atoms with Gasteiger partial charge in [0.05, 0.1) is 23.3 Å². The largest absolute Gasteiger partial charge is 0.465 e. The van der Waals surface area contributed by atoms with Crippen molar-refractivity contribution in [1.29, 1.82) is 0 Å². The summed E-state index contributed by atoms with van der Waals surface area (Å²) in [7, 11) is 4.92. The van der Waals surface area contributed by atoms with Crippen LogP contribution in [-0.4, -0.2) is 85.9 Å². The molecule has 3 amide bonds. The zero-order chi connectivity index (χ0) is 25.3. The molecule has 4 rings (SSSR count). The number of imidazole rings is 1. The Kier molecular flexibility index (Phi) is 6.77. The topological polar surface area (TPSA) is 117 Å². The van der Waals surface area contributed by atoms with Gasteiger partial charge >= 0.3 is 6.09 Å². The molecule has 0 aliphatic carbocycles. The van der Waals surface area contributed by atoms with Crippen LogP contribution in [0.5, 0.6) is 0 Å². The SMILES string of the molecule is C[C@H]1CCc2c(ccc3c2nc(CCn2cccn2)n3CC(=O)N(C)CC(=O)N(C)C)N1C(=O)O. The predicted octanol–water partition coefficient (Wildman–Crippen LogP) is 1.84. The average molecular weight is 482 g/mol. The highest BCUT2D eigenvalue weighted by Gasteiger charge is 2.31. The third kappa shape index (κ3) is 4.84. The van der Waals surface area contributed by atoms with Crippen LogP contribution in [0.4, 0.5) is 10.5 Å². The lowest BCUT2D eigenvalue weighted by Gasteiger charge is -2.33. The third-order valence-corrected chi connectivity index (χ3v) is 6.51. The molecule has 0 bridgehead atoms. The fraction of sp³-hybridized carbons (Fsp3) is 0.458. The van der Waals surface area contributed by atoms with E-state index in [9.17, 15) is 19.5 Å². The fourth-order valence-electron chi connectivity index (χ4n) is 4.47. The highest BCUT2D eigenvalue weighted by Crippen LogP contribution is 2.36. The van der Waals surface area contributed by atoms with Crippen molar-refractivity contribution in [3.8, 4) is 0 Å². The van der Waals surface area contributed by atoms with E-state index >= 15 is 0 Å². The van der Waals surface area contributed by atoms with Gasteiger partial charge in [0.15, 0.2) is 0 Å². The van der Waals surface area contributed by atoms with E-state index in [1.807, 2.05) is 29.8 Å². The molecule has 0 saturated heterocycles. The molecule has 0 radical (unpaired) electrons. The van der Waals surface area contributed by atoms with Gasteiger partial charge in [0.25, 0.3) is 0 Å². The fourth-order valence-corrected chi connectivity index (χ4v) is 4.47. The summed E-state index contributed by atoms with van der Waals surface area (Å²) in [4.78, 5) is 46.3. The Morgan fingerprint density at radius 3 is 2.60 bits per heavy atom. The van der Waals surface area contributed by atoms with Crippen LogP contribution < -0.4 is 4.90 Å². The van der Waals surface area contributed by atoms with Crippen molar-refractivity contribution in [2.45, 2.75) is 45.3 Å². The molecule has 0 unspecified atom stereocenters. The van der Waals surface area contributed by atoms with Crippen molar-refractivity contribution in [2.75, 3.05) is 32.6 Å². The number of hydrogen-bond donors (Lipinski definition) is 1. The Labute approximate surface area is 203 Å². The van der Waals surface area contributed by atoms with Crippen LogP contribution in [0.25, 0.3) is 11.0 Å². The third-order valence-electron chi connectivity index (χ3n) is 6.51. The van der Waals surface area contributed by atoms with Crippen molar-refractivity contribution < 1.29 is 19.5 Å². The first kappa shape index (κ1) is 24.2. The molecule has 1 aliphatic heterocycles. The Hall–Kier alpha value is -3.89. The van der Waals surface area contributed by atoms with Crippen LogP contribution in [0.15, 0.2) is 30.6 Å². The number of aryl methyl sites for hydroxylation is 3. The second-order valence-corrected chi connectivity index (χ2v) is 9.14. The van der Waals surface area contributed by atoms with Gasteiger partial charge in [-0.05, 0) is 38.0 Å². The first-order valence-electron chi connectivity index (χ1n) is 11.6. The lowest BCUT2D eigenvalue weighted by Crippen LogP contribution is -2.41. The quantitative estimate of drug-likeness (QED) is 0.550. The summed E-state index contributed by atoms with van der Waals surface area (Å²) in [5, 5.41) is 14.0. The Bertz CT molecular complexity index is 1250.